The molecule has 1 aromatic carbocycles. The smallest absolute Gasteiger partial charge is 0.216 e. The second kappa shape index (κ2) is 7.99. The molecule has 0 radical (unpaired) electrons. The quantitative estimate of drug-likeness (QED) is 0.611. The highest BCUT2D eigenvalue weighted by molar-refractivity contribution is 5.86. The van der Waals surface area contributed by atoms with Crippen molar-refractivity contribution in [2.45, 2.75) is 20.3 Å². The second-order valence-corrected chi connectivity index (χ2v) is 6.38. The summed E-state index contributed by atoms with van der Waals surface area (Å²) < 4.78 is 13.4. The fourth-order valence-corrected chi connectivity index (χ4v) is 3.02. The Hall–Kier alpha value is -2.89. The molecule has 0 unspecified atom stereocenters. The minimum absolute atomic E-state index is 0.00932. The van der Waals surface area contributed by atoms with Gasteiger partial charge in [0.15, 0.2) is 0 Å². The number of carbonyl (C=O) groups excluding carboxylic acids is 1. The number of nitrogens with zero attached hydrogens (tertiary/aromatic N) is 1. The average molecular weight is 355 g/mol. The zero-order chi connectivity index (χ0) is 18.5. The SMILES string of the molecule is CC(=O)NCCc1c(C)[nH]c2ccc(OCCOc3ccn(C)c3)cc12. The van der Waals surface area contributed by atoms with Crippen LogP contribution in [0.2, 0.25) is 0 Å². The number of benzene rings is 1. The van der Waals surface area contributed by atoms with Crippen LogP contribution < -0.4 is 14.8 Å². The Bertz CT molecular complexity index is 895. The zero-order valence-electron chi connectivity index (χ0n) is 15.5. The molecule has 3 rings (SSSR count). The number of aryl methyl sites for hydroxylation is 2. The van der Waals surface area contributed by atoms with Gasteiger partial charge in [-0.3, -0.25) is 4.79 Å². The largest absolute Gasteiger partial charge is 0.490 e. The van der Waals surface area contributed by atoms with Crippen molar-refractivity contribution in [2.24, 2.45) is 7.05 Å². The number of fused-ring (bicyclic) bond motifs is 1. The van der Waals surface area contributed by atoms with Crippen LogP contribution in [0.4, 0.5) is 0 Å². The minimum Gasteiger partial charge on any atom is -0.490 e. The van der Waals surface area contributed by atoms with Crippen LogP contribution in [0.3, 0.4) is 0 Å². The summed E-state index contributed by atoms with van der Waals surface area (Å²) in [5.41, 5.74) is 3.41. The monoisotopic (exact) mass is 355 g/mol. The van der Waals surface area contributed by atoms with Gasteiger partial charge >= 0.3 is 0 Å². The third-order valence-electron chi connectivity index (χ3n) is 4.27. The molecule has 0 saturated carbocycles. The molecular weight excluding hydrogens is 330 g/mol. The standard InChI is InChI=1S/C20H25N3O3/c1-14-18(6-8-21-15(2)24)19-12-16(4-5-20(19)22-14)25-10-11-26-17-7-9-23(3)13-17/h4-5,7,9,12-13,22H,6,8,10-11H2,1-3H3,(H,21,24). The van der Waals surface area contributed by atoms with Gasteiger partial charge in [0.2, 0.25) is 5.91 Å². The van der Waals surface area contributed by atoms with Crippen molar-refractivity contribution in [1.29, 1.82) is 0 Å². The maximum Gasteiger partial charge on any atom is 0.216 e. The lowest BCUT2D eigenvalue weighted by molar-refractivity contribution is -0.118. The number of carbonyl (C=O) groups is 1. The van der Waals surface area contributed by atoms with Crippen molar-refractivity contribution in [3.05, 3.63) is 47.9 Å². The minimum atomic E-state index is -0.00932. The fourth-order valence-electron chi connectivity index (χ4n) is 3.02. The van der Waals surface area contributed by atoms with E-state index in [1.807, 2.05) is 48.3 Å². The molecule has 0 bridgehead atoms. The molecule has 6 heteroatoms. The molecule has 2 heterocycles. The Labute approximate surface area is 153 Å². The van der Waals surface area contributed by atoms with Crippen LogP contribution >= 0.6 is 0 Å². The van der Waals surface area contributed by atoms with Crippen molar-refractivity contribution in [3.8, 4) is 11.5 Å². The average Bonchev–Trinajstić information content (AvgIpc) is 3.14. The Kier molecular flexibility index (Phi) is 5.51. The first-order chi connectivity index (χ1) is 12.5. The zero-order valence-corrected chi connectivity index (χ0v) is 15.5. The van der Waals surface area contributed by atoms with Gasteiger partial charge in [-0.15, -0.1) is 0 Å². The van der Waals surface area contributed by atoms with E-state index in [4.69, 9.17) is 9.47 Å². The first kappa shape index (κ1) is 17.9. The third-order valence-corrected chi connectivity index (χ3v) is 4.27. The number of ether oxygens (including phenoxy) is 2. The van der Waals surface area contributed by atoms with Gasteiger partial charge in [0.05, 0.1) is 0 Å². The number of aromatic nitrogens is 2. The number of rotatable bonds is 8. The summed E-state index contributed by atoms with van der Waals surface area (Å²) in [6.07, 6.45) is 4.66. The van der Waals surface area contributed by atoms with Crippen LogP contribution in [-0.2, 0) is 18.3 Å². The Morgan fingerprint density at radius 2 is 1.96 bits per heavy atom. The van der Waals surface area contributed by atoms with Gasteiger partial charge in [0.1, 0.15) is 24.7 Å². The molecule has 1 amide bonds. The number of hydrogen-bond acceptors (Lipinski definition) is 3. The van der Waals surface area contributed by atoms with Gasteiger partial charge in [-0.25, -0.2) is 0 Å². The van der Waals surface area contributed by atoms with E-state index in [9.17, 15) is 4.79 Å². The van der Waals surface area contributed by atoms with Crippen LogP contribution in [0, 0.1) is 6.92 Å². The molecule has 26 heavy (non-hydrogen) atoms. The van der Waals surface area contributed by atoms with Crippen molar-refractivity contribution in [1.82, 2.24) is 14.9 Å². The first-order valence-corrected chi connectivity index (χ1v) is 8.76. The molecule has 0 aliphatic heterocycles. The van der Waals surface area contributed by atoms with E-state index in [0.717, 1.165) is 34.5 Å². The Balaban J connectivity index is 1.60. The molecular formula is C20H25N3O3. The van der Waals surface area contributed by atoms with Gasteiger partial charge in [0.25, 0.3) is 0 Å². The van der Waals surface area contributed by atoms with Crippen molar-refractivity contribution >= 4 is 16.8 Å². The van der Waals surface area contributed by atoms with Gasteiger partial charge in [-0.1, -0.05) is 0 Å². The molecule has 0 fully saturated rings. The topological polar surface area (TPSA) is 68.3 Å². The normalized spacial score (nSPS) is 10.9. The molecule has 2 aromatic heterocycles. The van der Waals surface area contributed by atoms with Gasteiger partial charge in [-0.2, -0.15) is 0 Å². The van der Waals surface area contributed by atoms with E-state index in [0.29, 0.717) is 19.8 Å². The van der Waals surface area contributed by atoms with E-state index in [2.05, 4.69) is 17.2 Å². The first-order valence-electron chi connectivity index (χ1n) is 8.76. The van der Waals surface area contributed by atoms with E-state index >= 15 is 0 Å². The van der Waals surface area contributed by atoms with Gasteiger partial charge in [0, 0.05) is 49.5 Å². The Morgan fingerprint density at radius 1 is 1.19 bits per heavy atom. The Morgan fingerprint density at radius 3 is 2.65 bits per heavy atom. The van der Waals surface area contributed by atoms with Crippen molar-refractivity contribution < 1.29 is 14.3 Å². The van der Waals surface area contributed by atoms with Gasteiger partial charge in [-0.05, 0) is 43.2 Å². The summed E-state index contributed by atoms with van der Waals surface area (Å²) in [6.45, 7) is 5.18. The lowest BCUT2D eigenvalue weighted by atomic mass is 10.1. The number of amides is 1. The number of nitrogens with one attached hydrogen (secondary N) is 2. The summed E-state index contributed by atoms with van der Waals surface area (Å²) in [5.74, 6) is 1.65. The van der Waals surface area contributed by atoms with Crippen molar-refractivity contribution in [2.75, 3.05) is 19.8 Å². The number of hydrogen-bond donors (Lipinski definition) is 2. The summed E-state index contributed by atoms with van der Waals surface area (Å²) in [7, 11) is 1.96. The summed E-state index contributed by atoms with van der Waals surface area (Å²) in [4.78, 5) is 14.5. The van der Waals surface area contributed by atoms with Gasteiger partial charge < -0.3 is 24.3 Å². The second-order valence-electron chi connectivity index (χ2n) is 6.38. The predicted molar refractivity (Wildman–Crippen MR) is 102 cm³/mol. The van der Waals surface area contributed by atoms with Crippen molar-refractivity contribution in [3.63, 3.8) is 0 Å². The lowest BCUT2D eigenvalue weighted by Crippen LogP contribution is -2.22. The fraction of sp³-hybridized carbons (Fsp3) is 0.350. The third kappa shape index (κ3) is 4.39. The van der Waals surface area contributed by atoms with E-state index in [1.165, 1.54) is 12.5 Å². The maximum atomic E-state index is 11.1. The molecule has 3 aromatic rings. The van der Waals surface area contributed by atoms with Crippen LogP contribution in [0.1, 0.15) is 18.2 Å². The summed E-state index contributed by atoms with van der Waals surface area (Å²) in [5, 5.41) is 3.98. The number of H-pyrrole nitrogens is 1. The van der Waals surface area contributed by atoms with Crippen LogP contribution in [0.15, 0.2) is 36.7 Å². The molecule has 0 aliphatic carbocycles. The molecule has 0 aliphatic rings. The summed E-state index contributed by atoms with van der Waals surface area (Å²) in [6, 6.07) is 7.95. The molecule has 138 valence electrons. The van der Waals surface area contributed by atoms with E-state index in [-0.39, 0.29) is 5.91 Å². The molecule has 0 atom stereocenters. The highest BCUT2D eigenvalue weighted by Crippen LogP contribution is 2.26. The van der Waals surface area contributed by atoms with Crippen LogP contribution in [0.25, 0.3) is 10.9 Å². The predicted octanol–water partition coefficient (Wildman–Crippen LogP) is 2.95. The van der Waals surface area contributed by atoms with E-state index in [1.54, 1.807) is 0 Å². The molecule has 0 saturated heterocycles. The van der Waals surface area contributed by atoms with Crippen LogP contribution in [0.5, 0.6) is 11.5 Å². The maximum absolute atomic E-state index is 11.1. The molecule has 0 spiro atoms. The summed E-state index contributed by atoms with van der Waals surface area (Å²) >= 11 is 0. The highest BCUT2D eigenvalue weighted by Gasteiger charge is 2.10. The number of aromatic amines is 1. The molecule has 2 N–H and O–H groups in total. The van der Waals surface area contributed by atoms with E-state index < -0.39 is 0 Å². The van der Waals surface area contributed by atoms with Crippen LogP contribution in [-0.4, -0.2) is 35.2 Å². The highest BCUT2D eigenvalue weighted by atomic mass is 16.5. The lowest BCUT2D eigenvalue weighted by Gasteiger charge is -2.08. The molecule has 6 nitrogen and oxygen atoms in total.